The summed E-state index contributed by atoms with van der Waals surface area (Å²) < 4.78 is 9.69. The summed E-state index contributed by atoms with van der Waals surface area (Å²) in [4.78, 5) is 21.7. The number of aldehydes is 1. The van der Waals surface area contributed by atoms with E-state index in [1.54, 1.807) is 6.92 Å². The third-order valence-electron chi connectivity index (χ3n) is 1.95. The molecule has 0 aromatic carbocycles. The lowest BCUT2D eigenvalue weighted by atomic mass is 10.2. The van der Waals surface area contributed by atoms with E-state index in [1.807, 2.05) is 6.92 Å². The van der Waals surface area contributed by atoms with Gasteiger partial charge >= 0.3 is 5.97 Å². The van der Waals surface area contributed by atoms with Crippen molar-refractivity contribution in [3.8, 4) is 0 Å². The molecule has 0 N–H and O–H groups in total. The fourth-order valence-corrected chi connectivity index (χ4v) is 0.901. The lowest BCUT2D eigenvalue weighted by Crippen LogP contribution is -2.28. The summed E-state index contributed by atoms with van der Waals surface area (Å²) >= 11 is 0. The number of carbonyl (C=O) groups is 2. The van der Waals surface area contributed by atoms with E-state index in [0.29, 0.717) is 12.7 Å². The number of carbonyl (C=O) groups excluding carboxylic acids is 2. The summed E-state index contributed by atoms with van der Waals surface area (Å²) in [5.74, 6) is -0.485. The molecular formula is C10H18O4. The number of esters is 1. The van der Waals surface area contributed by atoms with Gasteiger partial charge in [-0.15, -0.1) is 0 Å². The molecule has 0 saturated heterocycles. The van der Waals surface area contributed by atoms with E-state index in [9.17, 15) is 9.59 Å². The molecule has 4 heteroatoms. The predicted molar refractivity (Wildman–Crippen MR) is 51.9 cm³/mol. The molecule has 0 aliphatic rings. The van der Waals surface area contributed by atoms with Crippen LogP contribution in [0, 0.1) is 0 Å². The molecule has 0 aromatic heterocycles. The summed E-state index contributed by atoms with van der Waals surface area (Å²) in [6.45, 7) is 3.60. The second-order valence-corrected chi connectivity index (χ2v) is 3.13. The maximum absolute atomic E-state index is 11.2. The van der Waals surface area contributed by atoms with Crippen LogP contribution in [0.2, 0.25) is 0 Å². The Morgan fingerprint density at radius 3 is 2.57 bits per heavy atom. The van der Waals surface area contributed by atoms with Gasteiger partial charge in [-0.25, -0.2) is 4.79 Å². The molecule has 0 heterocycles. The average molecular weight is 202 g/mol. The van der Waals surface area contributed by atoms with Gasteiger partial charge in [-0.05, 0) is 19.8 Å². The Morgan fingerprint density at radius 2 is 2.14 bits per heavy atom. The Morgan fingerprint density at radius 1 is 1.50 bits per heavy atom. The Labute approximate surface area is 84.6 Å². The summed E-state index contributed by atoms with van der Waals surface area (Å²) in [7, 11) is 1.42. The highest BCUT2D eigenvalue weighted by Gasteiger charge is 2.18. The second kappa shape index (κ2) is 7.50. The van der Waals surface area contributed by atoms with Gasteiger partial charge in [-0.3, -0.25) is 4.79 Å². The van der Waals surface area contributed by atoms with Crippen LogP contribution >= 0.6 is 0 Å². The van der Waals surface area contributed by atoms with Crippen molar-refractivity contribution in [3.05, 3.63) is 0 Å². The minimum Gasteiger partial charge on any atom is -0.453 e. The zero-order chi connectivity index (χ0) is 11.0. The van der Waals surface area contributed by atoms with Crippen LogP contribution in [-0.2, 0) is 19.1 Å². The summed E-state index contributed by atoms with van der Waals surface area (Å²) in [5, 5.41) is 0. The third kappa shape index (κ3) is 4.97. The first-order chi connectivity index (χ1) is 6.65. The van der Waals surface area contributed by atoms with Gasteiger partial charge in [0.1, 0.15) is 0 Å². The van der Waals surface area contributed by atoms with E-state index in [0.717, 1.165) is 12.8 Å². The van der Waals surface area contributed by atoms with E-state index in [4.69, 9.17) is 9.47 Å². The van der Waals surface area contributed by atoms with Crippen LogP contribution in [0.25, 0.3) is 0 Å². The van der Waals surface area contributed by atoms with Gasteiger partial charge in [-0.1, -0.05) is 13.3 Å². The van der Waals surface area contributed by atoms with Gasteiger partial charge in [-0.2, -0.15) is 0 Å². The Kier molecular flexibility index (Phi) is 7.02. The molecule has 0 radical (unpaired) electrons. The molecule has 2 unspecified atom stereocenters. The fraction of sp³-hybridized carbons (Fsp3) is 0.800. The molecule has 0 bridgehead atoms. The van der Waals surface area contributed by atoms with Crippen molar-refractivity contribution in [2.75, 3.05) is 7.11 Å². The largest absolute Gasteiger partial charge is 0.453 e. The molecule has 0 saturated carbocycles. The number of ether oxygens (including phenoxy) is 2. The van der Waals surface area contributed by atoms with Crippen LogP contribution in [0.15, 0.2) is 0 Å². The fourth-order valence-electron chi connectivity index (χ4n) is 0.901. The smallest absolute Gasteiger partial charge is 0.335 e. The van der Waals surface area contributed by atoms with E-state index in [1.165, 1.54) is 7.11 Å². The van der Waals surface area contributed by atoms with Crippen molar-refractivity contribution in [1.29, 1.82) is 0 Å². The second-order valence-electron chi connectivity index (χ2n) is 3.13. The van der Waals surface area contributed by atoms with Crippen LogP contribution in [0.4, 0.5) is 0 Å². The van der Waals surface area contributed by atoms with Crippen LogP contribution in [0.5, 0.6) is 0 Å². The van der Waals surface area contributed by atoms with Crippen molar-refractivity contribution < 1.29 is 19.1 Å². The minimum atomic E-state index is -0.625. The third-order valence-corrected chi connectivity index (χ3v) is 1.95. The maximum atomic E-state index is 11.2. The van der Waals surface area contributed by atoms with Crippen molar-refractivity contribution in [2.24, 2.45) is 0 Å². The number of hydrogen-bond acceptors (Lipinski definition) is 4. The van der Waals surface area contributed by atoms with Crippen molar-refractivity contribution >= 4 is 12.3 Å². The molecule has 4 nitrogen and oxygen atoms in total. The zero-order valence-corrected chi connectivity index (χ0v) is 8.99. The molecule has 0 spiro atoms. The van der Waals surface area contributed by atoms with Gasteiger partial charge < -0.3 is 9.47 Å². The highest BCUT2D eigenvalue weighted by molar-refractivity contribution is 5.76. The normalized spacial score (nSPS) is 14.5. The first kappa shape index (κ1) is 13.1. The lowest BCUT2D eigenvalue weighted by molar-refractivity contribution is -0.161. The van der Waals surface area contributed by atoms with E-state index in [2.05, 4.69) is 0 Å². The van der Waals surface area contributed by atoms with Gasteiger partial charge in [0.25, 0.3) is 0 Å². The molecule has 0 fully saturated rings. The molecule has 0 aliphatic heterocycles. The molecular weight excluding hydrogens is 184 g/mol. The minimum absolute atomic E-state index is 0.485. The van der Waals surface area contributed by atoms with Crippen LogP contribution in [0.3, 0.4) is 0 Å². The van der Waals surface area contributed by atoms with E-state index >= 15 is 0 Å². The first-order valence-corrected chi connectivity index (χ1v) is 4.84. The van der Waals surface area contributed by atoms with Gasteiger partial charge in [0.05, 0.1) is 0 Å². The number of methoxy groups -OCH3 is 1. The zero-order valence-electron chi connectivity index (χ0n) is 8.99. The molecule has 0 aromatic rings. The molecule has 82 valence electrons. The van der Waals surface area contributed by atoms with Crippen LogP contribution in [-0.4, -0.2) is 31.6 Å². The van der Waals surface area contributed by atoms with Gasteiger partial charge in [0, 0.05) is 7.11 Å². The Balaban J connectivity index is 3.91. The molecule has 0 aliphatic carbocycles. The molecule has 0 rings (SSSR count). The van der Waals surface area contributed by atoms with Crippen LogP contribution in [0.1, 0.15) is 33.1 Å². The topological polar surface area (TPSA) is 52.6 Å². The number of unbranched alkanes of at least 4 members (excludes halogenated alkanes) is 1. The SMILES string of the molecule is CCCCC(C=O)OC(=O)C(C)OC. The number of hydrogen-bond donors (Lipinski definition) is 0. The highest BCUT2D eigenvalue weighted by atomic mass is 16.6. The maximum Gasteiger partial charge on any atom is 0.335 e. The summed E-state index contributed by atoms with van der Waals surface area (Å²) in [5.41, 5.74) is 0. The first-order valence-electron chi connectivity index (χ1n) is 4.84. The quantitative estimate of drug-likeness (QED) is 0.461. The number of rotatable bonds is 7. The highest BCUT2D eigenvalue weighted by Crippen LogP contribution is 2.04. The van der Waals surface area contributed by atoms with Gasteiger partial charge in [0.2, 0.25) is 0 Å². The molecule has 14 heavy (non-hydrogen) atoms. The Bertz CT molecular complexity index is 179. The van der Waals surface area contributed by atoms with Crippen molar-refractivity contribution in [1.82, 2.24) is 0 Å². The van der Waals surface area contributed by atoms with E-state index < -0.39 is 18.2 Å². The standard InChI is InChI=1S/C10H18O4/c1-4-5-6-9(7-11)14-10(12)8(2)13-3/h7-9H,4-6H2,1-3H3. The Hall–Kier alpha value is -0.900. The molecule has 2 atom stereocenters. The monoisotopic (exact) mass is 202 g/mol. The molecule has 0 amide bonds. The van der Waals surface area contributed by atoms with Crippen molar-refractivity contribution in [2.45, 2.75) is 45.3 Å². The van der Waals surface area contributed by atoms with Crippen LogP contribution < -0.4 is 0 Å². The van der Waals surface area contributed by atoms with E-state index in [-0.39, 0.29) is 0 Å². The lowest BCUT2D eigenvalue weighted by Gasteiger charge is -2.14. The van der Waals surface area contributed by atoms with Crippen molar-refractivity contribution in [3.63, 3.8) is 0 Å². The van der Waals surface area contributed by atoms with Gasteiger partial charge in [0.15, 0.2) is 18.5 Å². The summed E-state index contributed by atoms with van der Waals surface area (Å²) in [6.07, 6.45) is 1.86. The predicted octanol–water partition coefficient (Wildman–Crippen LogP) is 1.32. The average Bonchev–Trinajstić information content (AvgIpc) is 2.22. The summed E-state index contributed by atoms with van der Waals surface area (Å²) in [6, 6.07) is 0.